The molecular weight excluding hydrogens is 533 g/mol. The third-order valence-electron chi connectivity index (χ3n) is 8.22. The molecule has 5 rings (SSSR count). The lowest BCUT2D eigenvalue weighted by Crippen LogP contribution is -3.15. The summed E-state index contributed by atoms with van der Waals surface area (Å²) in [6, 6.07) is 24.5. The Bertz CT molecular complexity index is 1460. The highest BCUT2D eigenvalue weighted by molar-refractivity contribution is 7.17. The van der Waals surface area contributed by atoms with Crippen molar-refractivity contribution in [3.05, 3.63) is 101 Å². The van der Waals surface area contributed by atoms with Gasteiger partial charge >= 0.3 is 5.97 Å². The third kappa shape index (κ3) is 7.40. The van der Waals surface area contributed by atoms with Crippen molar-refractivity contribution in [3.8, 4) is 0 Å². The van der Waals surface area contributed by atoms with Gasteiger partial charge in [-0.25, -0.2) is 4.39 Å². The number of quaternary nitrogens is 1. The molecule has 4 atom stereocenters. The first-order chi connectivity index (χ1) is 20.0. The van der Waals surface area contributed by atoms with E-state index in [-0.39, 0.29) is 23.8 Å². The van der Waals surface area contributed by atoms with Gasteiger partial charge in [0.05, 0.1) is 18.2 Å². The predicted molar refractivity (Wildman–Crippen MR) is 166 cm³/mol. The summed E-state index contributed by atoms with van der Waals surface area (Å²) >= 11 is 1.66. The number of fused-ring (bicyclic) bond motifs is 1. The van der Waals surface area contributed by atoms with Crippen molar-refractivity contribution in [2.24, 2.45) is 5.92 Å². The van der Waals surface area contributed by atoms with Gasteiger partial charge in [-0.3, -0.25) is 10.2 Å². The van der Waals surface area contributed by atoms with E-state index in [4.69, 9.17) is 10.1 Å². The van der Waals surface area contributed by atoms with E-state index in [9.17, 15) is 9.18 Å². The highest BCUT2D eigenvalue weighted by atomic mass is 32.1. The fourth-order valence-corrected chi connectivity index (χ4v) is 6.94. The fourth-order valence-electron chi connectivity index (χ4n) is 5.92. The van der Waals surface area contributed by atoms with Crippen LogP contribution in [0.3, 0.4) is 0 Å². The number of rotatable bonds is 12. The van der Waals surface area contributed by atoms with Crippen LogP contribution in [0.5, 0.6) is 0 Å². The zero-order valence-corrected chi connectivity index (χ0v) is 24.4. The Hall–Kier alpha value is -3.55. The smallest absolute Gasteiger partial charge is 0.313 e. The van der Waals surface area contributed by atoms with Crippen molar-refractivity contribution in [2.75, 3.05) is 31.5 Å². The fraction of sp³-hybridized carbons (Fsp3) is 0.353. The van der Waals surface area contributed by atoms with Crippen molar-refractivity contribution in [1.29, 1.82) is 5.41 Å². The van der Waals surface area contributed by atoms with Crippen molar-refractivity contribution in [2.45, 2.75) is 44.6 Å². The molecule has 1 aliphatic heterocycles. The molecule has 2 heterocycles. The second kappa shape index (κ2) is 13.9. The summed E-state index contributed by atoms with van der Waals surface area (Å²) in [5, 5.41) is 15.1. The molecule has 4 unspecified atom stereocenters. The summed E-state index contributed by atoms with van der Waals surface area (Å²) in [6.45, 7) is 5.13. The summed E-state index contributed by atoms with van der Waals surface area (Å²) < 4.78 is 21.1. The monoisotopic (exact) mass is 572 g/mol. The number of carbonyl (C=O) groups is 1. The van der Waals surface area contributed by atoms with Crippen LogP contribution in [-0.4, -0.2) is 44.0 Å². The number of ether oxygens (including phenoxy) is 1. The summed E-state index contributed by atoms with van der Waals surface area (Å²) in [4.78, 5) is 15.2. The molecule has 0 amide bonds. The Morgan fingerprint density at radius 3 is 2.73 bits per heavy atom. The quantitative estimate of drug-likeness (QED) is 0.106. The first kappa shape index (κ1) is 29.0. The van der Waals surface area contributed by atoms with Crippen molar-refractivity contribution >= 4 is 38.8 Å². The third-order valence-corrected chi connectivity index (χ3v) is 9.20. The lowest BCUT2D eigenvalue weighted by molar-refractivity contribution is -0.900. The molecule has 1 aromatic heterocycles. The van der Waals surface area contributed by atoms with E-state index in [0.717, 1.165) is 59.3 Å². The summed E-state index contributed by atoms with van der Waals surface area (Å²) in [5.41, 5.74) is 3.33. The van der Waals surface area contributed by atoms with Gasteiger partial charge in [0.1, 0.15) is 18.9 Å². The van der Waals surface area contributed by atoms with Gasteiger partial charge in [0.15, 0.2) is 6.10 Å². The normalized spacial score (nSPS) is 19.5. The molecule has 5 nitrogen and oxygen atoms in total. The van der Waals surface area contributed by atoms with Crippen LogP contribution in [0.4, 0.5) is 10.1 Å². The summed E-state index contributed by atoms with van der Waals surface area (Å²) in [7, 11) is 0. The number of likely N-dealkylation sites (tertiary alicyclic amines) is 1. The van der Waals surface area contributed by atoms with E-state index in [2.05, 4.69) is 29.8 Å². The van der Waals surface area contributed by atoms with Crippen LogP contribution in [0.25, 0.3) is 10.1 Å². The van der Waals surface area contributed by atoms with E-state index >= 15 is 0 Å². The van der Waals surface area contributed by atoms with Crippen LogP contribution in [0, 0.1) is 17.1 Å². The van der Waals surface area contributed by atoms with Crippen LogP contribution in [0.15, 0.2) is 84.2 Å². The number of benzene rings is 3. The van der Waals surface area contributed by atoms with Crippen LogP contribution >= 0.6 is 11.3 Å². The van der Waals surface area contributed by atoms with Gasteiger partial charge in [-0.2, -0.15) is 0 Å². The number of hydrogen-bond acceptors (Lipinski definition) is 5. The molecule has 214 valence electrons. The number of piperidine rings is 1. The summed E-state index contributed by atoms with van der Waals surface area (Å²) in [6.07, 6.45) is 3.16. The molecule has 0 aliphatic carbocycles. The van der Waals surface area contributed by atoms with Gasteiger partial charge in [0, 0.05) is 34.8 Å². The Morgan fingerprint density at radius 1 is 1.12 bits per heavy atom. The second-order valence-electron chi connectivity index (χ2n) is 11.0. The molecule has 0 saturated carbocycles. The molecule has 3 aromatic carbocycles. The summed E-state index contributed by atoms with van der Waals surface area (Å²) in [5.74, 6) is -0.481. The molecule has 7 heteroatoms. The average Bonchev–Trinajstić information content (AvgIpc) is 3.41. The van der Waals surface area contributed by atoms with E-state index in [1.165, 1.54) is 17.0 Å². The topological polar surface area (TPSA) is 66.6 Å². The van der Waals surface area contributed by atoms with Crippen LogP contribution in [0.2, 0.25) is 0 Å². The molecule has 1 aliphatic rings. The number of anilines is 1. The van der Waals surface area contributed by atoms with Gasteiger partial charge in [-0.1, -0.05) is 61.5 Å². The highest BCUT2D eigenvalue weighted by Gasteiger charge is 2.36. The predicted octanol–water partition coefficient (Wildman–Crippen LogP) is 6.31. The molecule has 0 bridgehead atoms. The van der Waals surface area contributed by atoms with E-state index in [1.54, 1.807) is 17.4 Å². The van der Waals surface area contributed by atoms with E-state index in [0.29, 0.717) is 31.1 Å². The Kier molecular flexibility index (Phi) is 9.80. The molecule has 1 fully saturated rings. The number of thiophene rings is 1. The van der Waals surface area contributed by atoms with Gasteiger partial charge in [-0.15, -0.1) is 11.3 Å². The Labute approximate surface area is 245 Å². The number of esters is 1. The lowest BCUT2D eigenvalue weighted by atomic mass is 9.90. The van der Waals surface area contributed by atoms with Crippen molar-refractivity contribution < 1.29 is 18.8 Å². The largest absolute Gasteiger partial charge is 0.456 e. The first-order valence-corrected chi connectivity index (χ1v) is 15.5. The zero-order valence-electron chi connectivity index (χ0n) is 23.6. The van der Waals surface area contributed by atoms with Crippen LogP contribution in [0.1, 0.15) is 49.7 Å². The molecule has 1 saturated heterocycles. The van der Waals surface area contributed by atoms with Crippen molar-refractivity contribution in [3.63, 3.8) is 0 Å². The van der Waals surface area contributed by atoms with Crippen LogP contribution in [-0.2, 0) is 9.53 Å². The molecule has 3 N–H and O–H groups in total. The van der Waals surface area contributed by atoms with Gasteiger partial charge < -0.3 is 15.0 Å². The number of nitrogens with one attached hydrogen (secondary N) is 3. The SMILES string of the molecule is CCC1CC[NH+](CC(=N)c2ccccc2)CC1OC(=O)C(CCCNc1cccc(F)c1)c1csc2ccccc12. The minimum Gasteiger partial charge on any atom is -0.456 e. The first-order valence-electron chi connectivity index (χ1n) is 14.6. The highest BCUT2D eigenvalue weighted by Crippen LogP contribution is 2.35. The Balaban J connectivity index is 1.28. The number of hydrogen-bond donors (Lipinski definition) is 3. The average molecular weight is 573 g/mol. The molecule has 4 aromatic rings. The lowest BCUT2D eigenvalue weighted by Gasteiger charge is -2.36. The van der Waals surface area contributed by atoms with E-state index < -0.39 is 0 Å². The standard InChI is InChI=1S/C34H38FN3O2S/c1-2-24-17-19-38(21-31(36)25-10-4-3-5-11-25)22-32(24)40-34(39)29(30-23-41-33-16-7-6-14-28(30)33)15-9-18-37-27-13-8-12-26(35)20-27/h3-8,10-14,16,20,23-24,29,32,36-37H,2,9,15,17-19,21-22H2,1H3/p+1. The molecular formula is C34H39FN3O2S+. The van der Waals surface area contributed by atoms with Gasteiger partial charge in [0.25, 0.3) is 0 Å². The van der Waals surface area contributed by atoms with E-state index in [1.807, 2.05) is 48.5 Å². The zero-order chi connectivity index (χ0) is 28.6. The molecule has 0 radical (unpaired) electrons. The van der Waals surface area contributed by atoms with Gasteiger partial charge in [-0.05, 0) is 59.9 Å². The van der Waals surface area contributed by atoms with Crippen LogP contribution < -0.4 is 10.2 Å². The number of carbonyl (C=O) groups excluding carboxylic acids is 1. The van der Waals surface area contributed by atoms with Crippen molar-refractivity contribution in [1.82, 2.24) is 0 Å². The maximum Gasteiger partial charge on any atom is 0.313 e. The minimum atomic E-state index is -0.369. The second-order valence-corrected chi connectivity index (χ2v) is 11.9. The number of halogens is 1. The maximum absolute atomic E-state index is 13.9. The molecule has 0 spiro atoms. The molecule has 41 heavy (non-hydrogen) atoms. The Morgan fingerprint density at radius 2 is 1.93 bits per heavy atom. The minimum absolute atomic E-state index is 0.165. The van der Waals surface area contributed by atoms with Gasteiger partial charge in [0.2, 0.25) is 0 Å². The maximum atomic E-state index is 13.9.